The number of aromatic amines is 1. The molecule has 2 aromatic heterocycles. The highest BCUT2D eigenvalue weighted by atomic mass is 32.1. The fourth-order valence-corrected chi connectivity index (χ4v) is 4.74. The zero-order valence-electron chi connectivity index (χ0n) is 16.9. The van der Waals surface area contributed by atoms with Gasteiger partial charge in [-0.25, -0.2) is 9.78 Å². The molecule has 0 fully saturated rings. The fraction of sp³-hybridized carbons (Fsp3) is 0.217. The SMILES string of the molecule is Cc1nc(-c2ccc3c(c2)CCN3C(=O)CCn2c(=O)[nH]c(=O)c3ccccc32)cs1. The van der Waals surface area contributed by atoms with Gasteiger partial charge in [-0.3, -0.25) is 19.1 Å². The van der Waals surface area contributed by atoms with E-state index in [1.807, 2.05) is 24.4 Å². The first-order valence-corrected chi connectivity index (χ1v) is 11.0. The summed E-state index contributed by atoms with van der Waals surface area (Å²) in [7, 11) is 0. The molecule has 0 unspecified atom stereocenters. The first kappa shape index (κ1) is 19.4. The zero-order valence-corrected chi connectivity index (χ0v) is 17.7. The molecule has 1 aliphatic heterocycles. The Labute approximate surface area is 181 Å². The number of hydrogen-bond acceptors (Lipinski definition) is 5. The number of anilines is 1. The van der Waals surface area contributed by atoms with Crippen molar-refractivity contribution in [1.82, 2.24) is 14.5 Å². The number of hydrogen-bond donors (Lipinski definition) is 1. The van der Waals surface area contributed by atoms with E-state index in [2.05, 4.69) is 16.0 Å². The highest BCUT2D eigenvalue weighted by Gasteiger charge is 2.25. The van der Waals surface area contributed by atoms with Gasteiger partial charge < -0.3 is 4.90 Å². The van der Waals surface area contributed by atoms with Crippen molar-refractivity contribution in [3.8, 4) is 11.3 Å². The Balaban J connectivity index is 1.37. The summed E-state index contributed by atoms with van der Waals surface area (Å²) in [5.74, 6) is -0.0433. The van der Waals surface area contributed by atoms with Gasteiger partial charge in [0.15, 0.2) is 0 Å². The Bertz CT molecular complexity index is 1430. The Kier molecular flexibility index (Phi) is 4.78. The molecular formula is C23H20N4O3S. The summed E-state index contributed by atoms with van der Waals surface area (Å²) >= 11 is 1.62. The summed E-state index contributed by atoms with van der Waals surface area (Å²) in [5.41, 5.74) is 3.68. The number of aromatic nitrogens is 3. The molecule has 1 aliphatic rings. The number of fused-ring (bicyclic) bond motifs is 2. The van der Waals surface area contributed by atoms with Gasteiger partial charge in [-0.15, -0.1) is 11.3 Å². The molecule has 0 saturated heterocycles. The normalized spacial score (nSPS) is 13.0. The Morgan fingerprint density at radius 2 is 2.03 bits per heavy atom. The number of nitrogens with one attached hydrogen (secondary N) is 1. The number of para-hydroxylation sites is 1. The third-order valence-electron chi connectivity index (χ3n) is 5.65. The molecule has 3 heterocycles. The lowest BCUT2D eigenvalue weighted by atomic mass is 10.1. The first-order chi connectivity index (χ1) is 15.0. The van der Waals surface area contributed by atoms with Gasteiger partial charge in [0.25, 0.3) is 5.56 Å². The van der Waals surface area contributed by atoms with Crippen LogP contribution in [-0.2, 0) is 17.8 Å². The van der Waals surface area contributed by atoms with Gasteiger partial charge in [0, 0.05) is 36.1 Å². The van der Waals surface area contributed by atoms with Crippen molar-refractivity contribution in [3.05, 3.63) is 79.3 Å². The monoisotopic (exact) mass is 432 g/mol. The molecule has 0 atom stereocenters. The van der Waals surface area contributed by atoms with Crippen molar-refractivity contribution < 1.29 is 4.79 Å². The predicted octanol–water partition coefficient (Wildman–Crippen LogP) is 3.10. The molecule has 1 amide bonds. The van der Waals surface area contributed by atoms with Gasteiger partial charge >= 0.3 is 5.69 Å². The highest BCUT2D eigenvalue weighted by Crippen LogP contribution is 2.33. The van der Waals surface area contributed by atoms with Crippen molar-refractivity contribution in [3.63, 3.8) is 0 Å². The number of carbonyl (C=O) groups excluding carboxylic acids is 1. The van der Waals surface area contributed by atoms with Crippen molar-refractivity contribution >= 4 is 33.8 Å². The molecule has 0 aliphatic carbocycles. The van der Waals surface area contributed by atoms with Gasteiger partial charge in [0.05, 0.1) is 21.6 Å². The smallest absolute Gasteiger partial charge is 0.312 e. The number of nitrogens with zero attached hydrogens (tertiary/aromatic N) is 3. The second-order valence-electron chi connectivity index (χ2n) is 7.57. The van der Waals surface area contributed by atoms with E-state index in [4.69, 9.17) is 0 Å². The molecule has 7 nitrogen and oxygen atoms in total. The molecule has 0 spiro atoms. The summed E-state index contributed by atoms with van der Waals surface area (Å²) in [4.78, 5) is 46.0. The molecule has 0 radical (unpaired) electrons. The third-order valence-corrected chi connectivity index (χ3v) is 6.42. The van der Waals surface area contributed by atoms with Crippen LogP contribution in [0.5, 0.6) is 0 Å². The standard InChI is InChI=1S/C23H20N4O3S/c1-14-24-18(13-31-14)15-6-7-19-16(12-15)8-10-26(19)21(28)9-11-27-20-5-3-2-4-17(20)22(29)25-23(27)30/h2-7,12-13H,8-11H2,1H3,(H,25,29,30). The van der Waals surface area contributed by atoms with E-state index in [0.29, 0.717) is 17.4 Å². The number of rotatable bonds is 4. The molecule has 31 heavy (non-hydrogen) atoms. The van der Waals surface area contributed by atoms with Crippen LogP contribution in [-0.4, -0.2) is 27.0 Å². The van der Waals surface area contributed by atoms with Gasteiger partial charge in [-0.1, -0.05) is 18.2 Å². The van der Waals surface area contributed by atoms with Gasteiger partial charge in [-0.2, -0.15) is 0 Å². The minimum atomic E-state index is -0.499. The largest absolute Gasteiger partial charge is 0.328 e. The van der Waals surface area contributed by atoms with Gasteiger partial charge in [-0.05, 0) is 43.2 Å². The average Bonchev–Trinajstić information content (AvgIpc) is 3.39. The lowest BCUT2D eigenvalue weighted by Crippen LogP contribution is -2.34. The molecule has 1 N–H and O–H groups in total. The van der Waals surface area contributed by atoms with Gasteiger partial charge in [0.2, 0.25) is 5.91 Å². The minimum Gasteiger partial charge on any atom is -0.312 e. The van der Waals surface area contributed by atoms with E-state index < -0.39 is 11.2 Å². The van der Waals surface area contributed by atoms with Crippen LogP contribution in [0.25, 0.3) is 22.2 Å². The number of carbonyl (C=O) groups is 1. The van der Waals surface area contributed by atoms with Crippen LogP contribution in [0.4, 0.5) is 5.69 Å². The lowest BCUT2D eigenvalue weighted by Gasteiger charge is -2.18. The van der Waals surface area contributed by atoms with Gasteiger partial charge in [0.1, 0.15) is 0 Å². The maximum atomic E-state index is 13.0. The molecule has 0 saturated carbocycles. The topological polar surface area (TPSA) is 88.1 Å². The lowest BCUT2D eigenvalue weighted by molar-refractivity contribution is -0.118. The van der Waals surface area contributed by atoms with Crippen molar-refractivity contribution in [2.45, 2.75) is 26.3 Å². The maximum absolute atomic E-state index is 13.0. The molecule has 4 aromatic rings. The number of amides is 1. The summed E-state index contributed by atoms with van der Waals surface area (Å²) in [6.07, 6.45) is 0.960. The summed E-state index contributed by atoms with van der Waals surface area (Å²) in [6.45, 7) is 2.81. The summed E-state index contributed by atoms with van der Waals surface area (Å²) < 4.78 is 1.46. The molecule has 0 bridgehead atoms. The van der Waals surface area contributed by atoms with E-state index in [1.165, 1.54) is 4.57 Å². The van der Waals surface area contributed by atoms with Crippen LogP contribution < -0.4 is 16.1 Å². The molecule has 156 valence electrons. The quantitative estimate of drug-likeness (QED) is 0.537. The molecule has 5 rings (SSSR count). The zero-order chi connectivity index (χ0) is 21.5. The predicted molar refractivity (Wildman–Crippen MR) is 122 cm³/mol. The van der Waals surface area contributed by atoms with Crippen molar-refractivity contribution in [2.75, 3.05) is 11.4 Å². The van der Waals surface area contributed by atoms with Crippen LogP contribution in [0.3, 0.4) is 0 Å². The van der Waals surface area contributed by atoms with E-state index in [-0.39, 0.29) is 18.9 Å². The fourth-order valence-electron chi connectivity index (χ4n) is 4.12. The van der Waals surface area contributed by atoms with E-state index in [1.54, 1.807) is 40.5 Å². The van der Waals surface area contributed by atoms with E-state index in [9.17, 15) is 14.4 Å². The van der Waals surface area contributed by atoms with E-state index in [0.717, 1.165) is 33.9 Å². The summed E-state index contributed by atoms with van der Waals surface area (Å²) in [6, 6.07) is 13.0. The molecule has 2 aromatic carbocycles. The minimum absolute atomic E-state index is 0.0433. The highest BCUT2D eigenvalue weighted by molar-refractivity contribution is 7.09. The first-order valence-electron chi connectivity index (χ1n) is 10.1. The Morgan fingerprint density at radius 3 is 2.84 bits per heavy atom. The van der Waals surface area contributed by atoms with Crippen molar-refractivity contribution in [1.29, 1.82) is 0 Å². The number of benzene rings is 2. The molecular weight excluding hydrogens is 412 g/mol. The average molecular weight is 433 g/mol. The Hall–Kier alpha value is -3.52. The second kappa shape index (κ2) is 7.63. The number of thiazole rings is 1. The van der Waals surface area contributed by atoms with Crippen LogP contribution >= 0.6 is 11.3 Å². The van der Waals surface area contributed by atoms with Crippen LogP contribution in [0.1, 0.15) is 17.0 Å². The number of H-pyrrole nitrogens is 1. The summed E-state index contributed by atoms with van der Waals surface area (Å²) in [5, 5.41) is 3.50. The maximum Gasteiger partial charge on any atom is 0.328 e. The van der Waals surface area contributed by atoms with Crippen LogP contribution in [0.15, 0.2) is 57.4 Å². The van der Waals surface area contributed by atoms with Crippen molar-refractivity contribution in [2.24, 2.45) is 0 Å². The third kappa shape index (κ3) is 3.48. The Morgan fingerprint density at radius 1 is 1.19 bits per heavy atom. The van der Waals surface area contributed by atoms with E-state index >= 15 is 0 Å². The molecule has 8 heteroatoms. The number of aryl methyl sites for hydroxylation is 2. The van der Waals surface area contributed by atoms with Crippen LogP contribution in [0, 0.1) is 6.92 Å². The van der Waals surface area contributed by atoms with Crippen LogP contribution in [0.2, 0.25) is 0 Å². The second-order valence-corrected chi connectivity index (χ2v) is 8.63.